The Kier molecular flexibility index (Phi) is 3.80. The molecule has 2 N–H and O–H groups in total. The van der Waals surface area contributed by atoms with Crippen LogP contribution in [-0.2, 0) is 4.74 Å². The Morgan fingerprint density at radius 1 is 1.61 bits per heavy atom. The van der Waals surface area contributed by atoms with E-state index in [9.17, 15) is 4.39 Å². The number of nitriles is 1. The van der Waals surface area contributed by atoms with Gasteiger partial charge in [-0.3, -0.25) is 0 Å². The number of ether oxygens (including phenoxy) is 1. The van der Waals surface area contributed by atoms with Crippen molar-refractivity contribution in [2.45, 2.75) is 19.1 Å². The van der Waals surface area contributed by atoms with Crippen molar-refractivity contribution in [2.75, 3.05) is 24.6 Å². The summed E-state index contributed by atoms with van der Waals surface area (Å²) in [4.78, 5) is 1.84. The van der Waals surface area contributed by atoms with Crippen LogP contribution in [0.1, 0.15) is 18.5 Å². The van der Waals surface area contributed by atoms with E-state index in [0.29, 0.717) is 25.4 Å². The third kappa shape index (κ3) is 2.45. The Hall–Kier alpha value is -1.64. The zero-order valence-electron chi connectivity index (χ0n) is 10.3. The minimum absolute atomic E-state index is 0.251. The SMILES string of the molecule is C[C@H](N)c1cccc(F)c1N1CCOC(C#N)C1. The summed E-state index contributed by atoms with van der Waals surface area (Å²) in [6, 6.07) is 6.69. The van der Waals surface area contributed by atoms with Crippen LogP contribution in [0.2, 0.25) is 0 Å². The highest BCUT2D eigenvalue weighted by atomic mass is 19.1. The van der Waals surface area contributed by atoms with Crippen molar-refractivity contribution in [3.05, 3.63) is 29.6 Å². The zero-order chi connectivity index (χ0) is 13.1. The number of halogens is 1. The van der Waals surface area contributed by atoms with Crippen LogP contribution < -0.4 is 10.6 Å². The van der Waals surface area contributed by atoms with Gasteiger partial charge in [0, 0.05) is 12.6 Å². The molecule has 0 radical (unpaired) electrons. The molecule has 1 aromatic carbocycles. The Morgan fingerprint density at radius 2 is 2.39 bits per heavy atom. The van der Waals surface area contributed by atoms with Crippen LogP contribution in [0.4, 0.5) is 10.1 Å². The third-order valence-electron chi connectivity index (χ3n) is 3.04. The van der Waals surface area contributed by atoms with Gasteiger partial charge in [-0.1, -0.05) is 12.1 Å². The van der Waals surface area contributed by atoms with E-state index in [-0.39, 0.29) is 11.9 Å². The number of hydrogen-bond acceptors (Lipinski definition) is 4. The number of nitrogens with two attached hydrogens (primary N) is 1. The van der Waals surface area contributed by atoms with E-state index in [1.54, 1.807) is 6.07 Å². The van der Waals surface area contributed by atoms with E-state index in [4.69, 9.17) is 15.7 Å². The summed E-state index contributed by atoms with van der Waals surface area (Å²) in [5.41, 5.74) is 7.12. The van der Waals surface area contributed by atoms with E-state index in [2.05, 4.69) is 6.07 Å². The molecule has 1 unspecified atom stereocenters. The lowest BCUT2D eigenvalue weighted by Crippen LogP contribution is -2.43. The first-order valence-corrected chi connectivity index (χ1v) is 5.93. The van der Waals surface area contributed by atoms with Crippen molar-refractivity contribution >= 4 is 5.69 Å². The van der Waals surface area contributed by atoms with E-state index in [0.717, 1.165) is 5.56 Å². The average molecular weight is 249 g/mol. The van der Waals surface area contributed by atoms with Crippen LogP contribution in [0.3, 0.4) is 0 Å². The second-order valence-electron chi connectivity index (χ2n) is 4.40. The summed E-state index contributed by atoms with van der Waals surface area (Å²) in [5.74, 6) is -0.302. The number of morpholine rings is 1. The fraction of sp³-hybridized carbons (Fsp3) is 0.462. The van der Waals surface area contributed by atoms with Crippen molar-refractivity contribution < 1.29 is 9.13 Å². The maximum Gasteiger partial charge on any atom is 0.161 e. The van der Waals surface area contributed by atoms with Crippen LogP contribution in [0.5, 0.6) is 0 Å². The van der Waals surface area contributed by atoms with Crippen LogP contribution in [0.25, 0.3) is 0 Å². The van der Waals surface area contributed by atoms with Gasteiger partial charge in [0.25, 0.3) is 0 Å². The summed E-state index contributed by atoms with van der Waals surface area (Å²) < 4.78 is 19.3. The molecule has 96 valence electrons. The normalized spacial score (nSPS) is 21.4. The molecule has 4 nitrogen and oxygen atoms in total. The fourth-order valence-corrected chi connectivity index (χ4v) is 2.16. The van der Waals surface area contributed by atoms with Crippen LogP contribution in [-0.4, -0.2) is 25.8 Å². The molecule has 0 bridgehead atoms. The lowest BCUT2D eigenvalue weighted by atomic mass is 10.0. The van der Waals surface area contributed by atoms with Gasteiger partial charge in [-0.2, -0.15) is 5.26 Å². The first kappa shape index (κ1) is 12.8. The molecule has 5 heteroatoms. The van der Waals surface area contributed by atoms with Crippen LogP contribution in [0, 0.1) is 17.1 Å². The van der Waals surface area contributed by atoms with Crippen molar-refractivity contribution in [2.24, 2.45) is 5.73 Å². The number of nitrogens with zero attached hydrogens (tertiary/aromatic N) is 2. The Bertz CT molecular complexity index is 470. The molecule has 0 aliphatic carbocycles. The first-order valence-electron chi connectivity index (χ1n) is 5.93. The molecule has 0 saturated carbocycles. The molecule has 2 atom stereocenters. The van der Waals surface area contributed by atoms with Gasteiger partial charge in [0.05, 0.1) is 24.9 Å². The maximum atomic E-state index is 14.0. The molecule has 1 aliphatic rings. The second kappa shape index (κ2) is 5.34. The predicted molar refractivity (Wildman–Crippen MR) is 66.6 cm³/mol. The van der Waals surface area contributed by atoms with Crippen LogP contribution in [0.15, 0.2) is 18.2 Å². The predicted octanol–water partition coefficient (Wildman–Crippen LogP) is 1.57. The molecule has 0 amide bonds. The molecule has 1 fully saturated rings. The van der Waals surface area contributed by atoms with Crippen molar-refractivity contribution in [3.63, 3.8) is 0 Å². The molecule has 1 heterocycles. The quantitative estimate of drug-likeness (QED) is 0.864. The number of hydrogen-bond donors (Lipinski definition) is 1. The molecule has 1 aromatic rings. The van der Waals surface area contributed by atoms with Gasteiger partial charge in [0.2, 0.25) is 0 Å². The Labute approximate surface area is 106 Å². The highest BCUT2D eigenvalue weighted by molar-refractivity contribution is 5.56. The second-order valence-corrected chi connectivity index (χ2v) is 4.40. The number of anilines is 1. The van der Waals surface area contributed by atoms with E-state index >= 15 is 0 Å². The highest BCUT2D eigenvalue weighted by Gasteiger charge is 2.25. The minimum atomic E-state index is -0.515. The minimum Gasteiger partial charge on any atom is -0.363 e. The average Bonchev–Trinajstić information content (AvgIpc) is 2.38. The lowest BCUT2D eigenvalue weighted by molar-refractivity contribution is 0.0761. The molecular weight excluding hydrogens is 233 g/mol. The van der Waals surface area contributed by atoms with E-state index in [1.165, 1.54) is 6.07 Å². The summed E-state index contributed by atoms with van der Waals surface area (Å²) in [6.45, 7) is 3.18. The van der Waals surface area contributed by atoms with E-state index in [1.807, 2.05) is 17.9 Å². The lowest BCUT2D eigenvalue weighted by Gasteiger charge is -2.33. The van der Waals surface area contributed by atoms with Crippen molar-refractivity contribution in [1.82, 2.24) is 0 Å². The van der Waals surface area contributed by atoms with E-state index < -0.39 is 6.10 Å². The zero-order valence-corrected chi connectivity index (χ0v) is 10.3. The topological polar surface area (TPSA) is 62.3 Å². The van der Waals surface area contributed by atoms with Gasteiger partial charge in [-0.15, -0.1) is 0 Å². The Morgan fingerprint density at radius 3 is 3.06 bits per heavy atom. The van der Waals surface area contributed by atoms with Crippen LogP contribution >= 0.6 is 0 Å². The van der Waals surface area contributed by atoms with Crippen molar-refractivity contribution in [3.8, 4) is 6.07 Å². The number of para-hydroxylation sites is 1. The monoisotopic (exact) mass is 249 g/mol. The molecule has 2 rings (SSSR count). The van der Waals surface area contributed by atoms with Crippen molar-refractivity contribution in [1.29, 1.82) is 5.26 Å². The van der Waals surface area contributed by atoms with Gasteiger partial charge in [0.15, 0.2) is 6.10 Å². The van der Waals surface area contributed by atoms with Gasteiger partial charge in [-0.05, 0) is 18.6 Å². The fourth-order valence-electron chi connectivity index (χ4n) is 2.16. The third-order valence-corrected chi connectivity index (χ3v) is 3.04. The van der Waals surface area contributed by atoms with Gasteiger partial charge >= 0.3 is 0 Å². The summed E-state index contributed by atoms with van der Waals surface area (Å²) in [5, 5.41) is 8.88. The first-order chi connectivity index (χ1) is 8.63. The van der Waals surface area contributed by atoms with Gasteiger partial charge in [-0.25, -0.2) is 4.39 Å². The van der Waals surface area contributed by atoms with Gasteiger partial charge < -0.3 is 15.4 Å². The molecule has 1 saturated heterocycles. The van der Waals surface area contributed by atoms with Gasteiger partial charge in [0.1, 0.15) is 5.82 Å². The number of rotatable bonds is 2. The molecule has 0 aromatic heterocycles. The molecular formula is C13H16FN3O. The highest BCUT2D eigenvalue weighted by Crippen LogP contribution is 2.29. The number of benzene rings is 1. The maximum absolute atomic E-state index is 14.0. The summed E-state index contributed by atoms with van der Waals surface area (Å²) in [7, 11) is 0. The largest absolute Gasteiger partial charge is 0.363 e. The molecule has 0 spiro atoms. The smallest absolute Gasteiger partial charge is 0.161 e. The summed E-state index contributed by atoms with van der Waals surface area (Å²) >= 11 is 0. The Balaban J connectivity index is 2.35. The molecule has 18 heavy (non-hydrogen) atoms. The summed E-state index contributed by atoms with van der Waals surface area (Å²) in [6.07, 6.45) is -0.515. The standard InChI is InChI=1S/C13H16FN3O/c1-9(16)11-3-2-4-12(14)13(11)17-5-6-18-10(7-15)8-17/h2-4,9-10H,5-6,8,16H2,1H3/t9-,10?/m0/s1. The molecule has 1 aliphatic heterocycles.